The van der Waals surface area contributed by atoms with Gasteiger partial charge in [-0.1, -0.05) is 0 Å². The molecule has 1 fully saturated rings. The molecule has 0 saturated carbocycles. The van der Waals surface area contributed by atoms with Crippen molar-refractivity contribution < 1.29 is 13.2 Å². The average Bonchev–Trinajstić information content (AvgIpc) is 2.55. The Balaban J connectivity index is 2.21. The first kappa shape index (κ1) is 8.69. The third-order valence-electron chi connectivity index (χ3n) is 2.37. The summed E-state index contributed by atoms with van der Waals surface area (Å²) in [6.45, 7) is 0.374. The second kappa shape index (κ2) is 3.10. The topological polar surface area (TPSA) is 25.2 Å². The molecular formula is C9H11F2NO. The van der Waals surface area contributed by atoms with Gasteiger partial charge in [-0.2, -0.15) is 0 Å². The second-order valence-electron chi connectivity index (χ2n) is 3.29. The zero-order valence-electron chi connectivity index (χ0n) is 7.09. The number of alkyl halides is 2. The molecule has 1 aliphatic heterocycles. The van der Waals surface area contributed by atoms with E-state index in [1.165, 1.54) is 6.26 Å². The molecule has 2 rings (SSSR count). The maximum atomic E-state index is 13.3. The summed E-state index contributed by atoms with van der Waals surface area (Å²) in [7, 11) is 0. The smallest absolute Gasteiger partial charge is 0.270 e. The highest BCUT2D eigenvalue weighted by molar-refractivity contribution is 5.11. The number of hydrogen-bond acceptors (Lipinski definition) is 2. The van der Waals surface area contributed by atoms with Crippen LogP contribution in [0.2, 0.25) is 0 Å². The van der Waals surface area contributed by atoms with Crippen LogP contribution in [0.25, 0.3) is 0 Å². The third-order valence-corrected chi connectivity index (χ3v) is 2.37. The van der Waals surface area contributed by atoms with Crippen LogP contribution in [0.4, 0.5) is 8.78 Å². The van der Waals surface area contributed by atoms with E-state index >= 15 is 0 Å². The fourth-order valence-corrected chi connectivity index (χ4v) is 1.68. The predicted molar refractivity (Wildman–Crippen MR) is 43.9 cm³/mol. The van der Waals surface area contributed by atoms with Crippen molar-refractivity contribution >= 4 is 0 Å². The van der Waals surface area contributed by atoms with Gasteiger partial charge in [0.25, 0.3) is 5.92 Å². The molecule has 4 heteroatoms. The first-order valence-electron chi connectivity index (χ1n) is 4.32. The van der Waals surface area contributed by atoms with Gasteiger partial charge in [0, 0.05) is 0 Å². The Morgan fingerprint density at radius 2 is 2.38 bits per heavy atom. The van der Waals surface area contributed by atoms with Crippen LogP contribution in [0, 0.1) is 0 Å². The molecule has 0 radical (unpaired) electrons. The number of furan rings is 1. The molecular weight excluding hydrogens is 176 g/mol. The molecule has 1 aromatic heterocycles. The van der Waals surface area contributed by atoms with Crippen LogP contribution in [0.15, 0.2) is 22.8 Å². The summed E-state index contributed by atoms with van der Waals surface area (Å²) in [6, 6.07) is 3.26. The van der Waals surface area contributed by atoms with Crippen molar-refractivity contribution in [3.05, 3.63) is 24.2 Å². The van der Waals surface area contributed by atoms with Crippen molar-refractivity contribution in [2.45, 2.75) is 18.3 Å². The van der Waals surface area contributed by atoms with Crippen LogP contribution < -0.4 is 5.32 Å². The SMILES string of the molecule is FC1(F)CNCCC1c1ccco1. The van der Waals surface area contributed by atoms with Gasteiger partial charge in [-0.3, -0.25) is 0 Å². The van der Waals surface area contributed by atoms with Gasteiger partial charge < -0.3 is 9.73 Å². The summed E-state index contributed by atoms with van der Waals surface area (Å²) in [5, 5.41) is 2.68. The molecule has 13 heavy (non-hydrogen) atoms. The Kier molecular flexibility index (Phi) is 2.07. The minimum absolute atomic E-state index is 0.252. The first-order valence-corrected chi connectivity index (χ1v) is 4.32. The lowest BCUT2D eigenvalue weighted by atomic mass is 9.92. The molecule has 1 saturated heterocycles. The van der Waals surface area contributed by atoms with E-state index in [-0.39, 0.29) is 6.54 Å². The Hall–Kier alpha value is -0.900. The number of halogens is 2. The lowest BCUT2D eigenvalue weighted by Gasteiger charge is -2.30. The molecule has 0 aromatic carbocycles. The molecule has 72 valence electrons. The monoisotopic (exact) mass is 187 g/mol. The van der Waals surface area contributed by atoms with Crippen molar-refractivity contribution in [1.82, 2.24) is 5.32 Å². The fraction of sp³-hybridized carbons (Fsp3) is 0.556. The number of nitrogens with one attached hydrogen (secondary N) is 1. The number of piperidine rings is 1. The van der Waals surface area contributed by atoms with Gasteiger partial charge in [0.2, 0.25) is 0 Å². The molecule has 1 unspecified atom stereocenters. The van der Waals surface area contributed by atoms with E-state index < -0.39 is 11.8 Å². The molecule has 0 spiro atoms. The number of hydrogen-bond donors (Lipinski definition) is 1. The maximum absolute atomic E-state index is 13.3. The standard InChI is InChI=1S/C9H11F2NO/c10-9(11)6-12-4-3-7(9)8-2-1-5-13-8/h1-2,5,7,12H,3-4,6H2. The van der Waals surface area contributed by atoms with E-state index in [0.29, 0.717) is 18.7 Å². The molecule has 1 N–H and O–H groups in total. The highest BCUT2D eigenvalue weighted by Crippen LogP contribution is 2.37. The lowest BCUT2D eigenvalue weighted by molar-refractivity contribution is -0.0478. The molecule has 2 nitrogen and oxygen atoms in total. The zero-order chi connectivity index (χ0) is 9.31. The Morgan fingerprint density at radius 1 is 1.54 bits per heavy atom. The second-order valence-corrected chi connectivity index (χ2v) is 3.29. The van der Waals surface area contributed by atoms with Crippen LogP contribution >= 0.6 is 0 Å². The van der Waals surface area contributed by atoms with Crippen LogP contribution in [0.1, 0.15) is 18.1 Å². The van der Waals surface area contributed by atoms with Crippen LogP contribution in [0.3, 0.4) is 0 Å². The predicted octanol–water partition coefficient (Wildman–Crippen LogP) is 1.99. The normalized spacial score (nSPS) is 27.4. The molecule has 1 atom stereocenters. The van der Waals surface area contributed by atoms with Gasteiger partial charge in [-0.15, -0.1) is 0 Å². The van der Waals surface area contributed by atoms with E-state index in [1.807, 2.05) is 0 Å². The van der Waals surface area contributed by atoms with Gasteiger partial charge in [0.15, 0.2) is 0 Å². The Bertz CT molecular complexity index is 271. The largest absolute Gasteiger partial charge is 0.469 e. The van der Waals surface area contributed by atoms with Gasteiger partial charge >= 0.3 is 0 Å². The summed E-state index contributed by atoms with van der Waals surface area (Å²) < 4.78 is 31.6. The summed E-state index contributed by atoms with van der Waals surface area (Å²) in [6.07, 6.45) is 1.87. The van der Waals surface area contributed by atoms with Gasteiger partial charge in [-0.05, 0) is 25.1 Å². The van der Waals surface area contributed by atoms with Crippen molar-refractivity contribution in [2.24, 2.45) is 0 Å². The van der Waals surface area contributed by atoms with E-state index in [4.69, 9.17) is 4.42 Å². The highest BCUT2D eigenvalue weighted by Gasteiger charge is 2.43. The van der Waals surface area contributed by atoms with Crippen molar-refractivity contribution in [3.8, 4) is 0 Å². The average molecular weight is 187 g/mol. The van der Waals surface area contributed by atoms with Crippen molar-refractivity contribution in [3.63, 3.8) is 0 Å². The molecule has 2 heterocycles. The minimum atomic E-state index is -2.68. The van der Waals surface area contributed by atoms with Crippen molar-refractivity contribution in [1.29, 1.82) is 0 Å². The van der Waals surface area contributed by atoms with Gasteiger partial charge in [-0.25, -0.2) is 8.78 Å². The minimum Gasteiger partial charge on any atom is -0.469 e. The summed E-state index contributed by atoms with van der Waals surface area (Å²) >= 11 is 0. The van der Waals surface area contributed by atoms with Crippen LogP contribution in [-0.4, -0.2) is 19.0 Å². The highest BCUT2D eigenvalue weighted by atomic mass is 19.3. The summed E-state index contributed by atoms with van der Waals surface area (Å²) in [4.78, 5) is 0. The quantitative estimate of drug-likeness (QED) is 0.727. The first-order chi connectivity index (χ1) is 6.20. The van der Waals surface area contributed by atoms with Crippen LogP contribution in [-0.2, 0) is 0 Å². The summed E-state index contributed by atoms with van der Waals surface area (Å²) in [5.74, 6) is -3.05. The molecule has 0 amide bonds. The number of rotatable bonds is 1. The Morgan fingerprint density at radius 3 is 3.00 bits per heavy atom. The zero-order valence-corrected chi connectivity index (χ0v) is 7.09. The van der Waals surface area contributed by atoms with Crippen LogP contribution in [0.5, 0.6) is 0 Å². The fourth-order valence-electron chi connectivity index (χ4n) is 1.68. The lowest BCUT2D eigenvalue weighted by Crippen LogP contribution is -2.44. The third kappa shape index (κ3) is 1.58. The van der Waals surface area contributed by atoms with Gasteiger partial charge in [0.1, 0.15) is 5.76 Å². The molecule has 1 aromatic rings. The van der Waals surface area contributed by atoms with Gasteiger partial charge in [0.05, 0.1) is 18.7 Å². The van der Waals surface area contributed by atoms with Crippen molar-refractivity contribution in [2.75, 3.05) is 13.1 Å². The van der Waals surface area contributed by atoms with E-state index in [9.17, 15) is 8.78 Å². The molecule has 0 aliphatic carbocycles. The van der Waals surface area contributed by atoms with E-state index in [0.717, 1.165) is 0 Å². The van der Waals surface area contributed by atoms with E-state index in [2.05, 4.69) is 5.32 Å². The summed E-state index contributed by atoms with van der Waals surface area (Å²) in [5.41, 5.74) is 0. The molecule has 1 aliphatic rings. The maximum Gasteiger partial charge on any atom is 0.270 e. The Labute approximate surface area is 74.9 Å². The van der Waals surface area contributed by atoms with E-state index in [1.54, 1.807) is 12.1 Å². The molecule has 0 bridgehead atoms.